The van der Waals surface area contributed by atoms with Crippen LogP contribution < -0.4 is 5.73 Å². The smallest absolute Gasteiger partial charge is 0.120 e. The Bertz CT molecular complexity index is 284. The predicted molar refractivity (Wildman–Crippen MR) is 46.9 cm³/mol. The molecule has 1 aromatic rings. The fourth-order valence-electron chi connectivity index (χ4n) is 1.02. The quantitative estimate of drug-likeness (QED) is 0.520. The highest BCUT2D eigenvalue weighted by Gasteiger charge is 1.98. The molecule has 12 heavy (non-hydrogen) atoms. The molecule has 0 fully saturated rings. The highest BCUT2D eigenvalue weighted by Crippen LogP contribution is 2.19. The van der Waals surface area contributed by atoms with Gasteiger partial charge in [0.1, 0.15) is 12.0 Å². The number of aryl methyl sites for hydroxylation is 1. The zero-order valence-corrected chi connectivity index (χ0v) is 6.66. The molecule has 0 spiro atoms. The van der Waals surface area contributed by atoms with E-state index in [1.807, 2.05) is 0 Å². The summed E-state index contributed by atoms with van der Waals surface area (Å²) in [6.45, 7) is 0. The van der Waals surface area contributed by atoms with Gasteiger partial charge in [0.25, 0.3) is 0 Å². The lowest BCUT2D eigenvalue weighted by Crippen LogP contribution is -1.94. The Morgan fingerprint density at radius 3 is 2.83 bits per heavy atom. The molecule has 0 aliphatic carbocycles. The molecule has 0 unspecified atom stereocenters. The maximum Gasteiger partial charge on any atom is 0.120 e. The van der Waals surface area contributed by atoms with E-state index in [0.717, 1.165) is 11.8 Å². The number of hydrogen-bond acceptors (Lipinski definition) is 3. The summed E-state index contributed by atoms with van der Waals surface area (Å²) in [6, 6.07) is 4.78. The number of phenolic OH excluding ortho intramolecular Hbond substituents is 1. The molecule has 0 bridgehead atoms. The van der Waals surface area contributed by atoms with Crippen molar-refractivity contribution in [1.29, 1.82) is 0 Å². The molecule has 1 aromatic carbocycles. The van der Waals surface area contributed by atoms with Crippen molar-refractivity contribution in [2.45, 2.75) is 12.8 Å². The fraction of sp³-hybridized carbons (Fsp3) is 0.222. The number of hydrogen-bond donors (Lipinski definition) is 2. The summed E-state index contributed by atoms with van der Waals surface area (Å²) in [5, 5.41) is 9.01. The number of aromatic hydroxyl groups is 1. The summed E-state index contributed by atoms with van der Waals surface area (Å²) in [5.74, 6) is 0.155. The van der Waals surface area contributed by atoms with Crippen LogP contribution in [0.25, 0.3) is 0 Å². The van der Waals surface area contributed by atoms with Gasteiger partial charge in [-0.25, -0.2) is 0 Å². The summed E-state index contributed by atoms with van der Waals surface area (Å²) in [4.78, 5) is 10.1. The lowest BCUT2D eigenvalue weighted by atomic mass is 10.1. The van der Waals surface area contributed by atoms with Crippen LogP contribution in [0, 0.1) is 0 Å². The van der Waals surface area contributed by atoms with Crippen LogP contribution in [0.5, 0.6) is 5.75 Å². The summed E-state index contributed by atoms with van der Waals surface area (Å²) >= 11 is 0. The molecule has 0 aromatic heterocycles. The third-order valence-corrected chi connectivity index (χ3v) is 1.66. The SMILES string of the molecule is Nc1cc(O)ccc1CCC=O. The molecule has 0 atom stereocenters. The van der Waals surface area contributed by atoms with Crippen LogP contribution in [0.4, 0.5) is 5.69 Å². The van der Waals surface area contributed by atoms with E-state index in [1.165, 1.54) is 6.07 Å². The predicted octanol–water partition coefficient (Wildman–Crippen LogP) is 1.11. The average Bonchev–Trinajstić information content (AvgIpc) is 2.03. The van der Waals surface area contributed by atoms with Crippen molar-refractivity contribution in [3.63, 3.8) is 0 Å². The van der Waals surface area contributed by atoms with Gasteiger partial charge >= 0.3 is 0 Å². The molecular formula is C9H11NO2. The molecule has 0 saturated heterocycles. The van der Waals surface area contributed by atoms with Gasteiger partial charge < -0.3 is 15.6 Å². The number of aldehydes is 1. The van der Waals surface area contributed by atoms with Crippen molar-refractivity contribution < 1.29 is 9.90 Å². The van der Waals surface area contributed by atoms with Crippen LogP contribution in [0.15, 0.2) is 18.2 Å². The van der Waals surface area contributed by atoms with Crippen LogP contribution in [0.2, 0.25) is 0 Å². The van der Waals surface area contributed by atoms with E-state index in [4.69, 9.17) is 10.8 Å². The van der Waals surface area contributed by atoms with Gasteiger partial charge in [-0.05, 0) is 18.1 Å². The first kappa shape index (κ1) is 8.59. The number of rotatable bonds is 3. The van der Waals surface area contributed by atoms with Crippen LogP contribution in [-0.2, 0) is 11.2 Å². The number of carbonyl (C=O) groups excluding carboxylic acids is 1. The van der Waals surface area contributed by atoms with Gasteiger partial charge in [-0.1, -0.05) is 6.07 Å². The molecule has 0 saturated carbocycles. The van der Waals surface area contributed by atoms with Gasteiger partial charge in [-0.2, -0.15) is 0 Å². The molecule has 3 N–H and O–H groups in total. The lowest BCUT2D eigenvalue weighted by molar-refractivity contribution is -0.107. The highest BCUT2D eigenvalue weighted by atomic mass is 16.3. The Labute approximate surface area is 70.8 Å². The maximum absolute atomic E-state index is 10.1. The van der Waals surface area contributed by atoms with Crippen LogP contribution in [-0.4, -0.2) is 11.4 Å². The molecule has 3 nitrogen and oxygen atoms in total. The number of benzene rings is 1. The second-order valence-electron chi connectivity index (χ2n) is 2.59. The summed E-state index contributed by atoms with van der Waals surface area (Å²) in [6.07, 6.45) is 1.96. The average molecular weight is 165 g/mol. The number of anilines is 1. The van der Waals surface area contributed by atoms with E-state index in [2.05, 4.69) is 0 Å². The van der Waals surface area contributed by atoms with Crippen LogP contribution in [0.1, 0.15) is 12.0 Å². The topological polar surface area (TPSA) is 63.3 Å². The Balaban J connectivity index is 2.78. The fourth-order valence-corrected chi connectivity index (χ4v) is 1.02. The largest absolute Gasteiger partial charge is 0.508 e. The summed E-state index contributed by atoms with van der Waals surface area (Å²) in [7, 11) is 0. The van der Waals surface area contributed by atoms with Gasteiger partial charge in [-0.15, -0.1) is 0 Å². The van der Waals surface area contributed by atoms with Crippen molar-refractivity contribution in [2.75, 3.05) is 5.73 Å². The molecule has 1 rings (SSSR count). The molecule has 0 radical (unpaired) electrons. The van der Waals surface area contributed by atoms with Gasteiger partial charge in [0, 0.05) is 18.2 Å². The minimum Gasteiger partial charge on any atom is -0.508 e. The zero-order valence-electron chi connectivity index (χ0n) is 6.66. The number of nitrogen functional groups attached to an aromatic ring is 1. The van der Waals surface area contributed by atoms with E-state index in [9.17, 15) is 4.79 Å². The van der Waals surface area contributed by atoms with E-state index >= 15 is 0 Å². The summed E-state index contributed by atoms with van der Waals surface area (Å²) < 4.78 is 0. The van der Waals surface area contributed by atoms with Crippen molar-refractivity contribution in [2.24, 2.45) is 0 Å². The van der Waals surface area contributed by atoms with Crippen molar-refractivity contribution in [3.05, 3.63) is 23.8 Å². The second-order valence-corrected chi connectivity index (χ2v) is 2.59. The van der Waals surface area contributed by atoms with E-state index < -0.39 is 0 Å². The first-order valence-corrected chi connectivity index (χ1v) is 3.75. The number of carbonyl (C=O) groups is 1. The van der Waals surface area contributed by atoms with Gasteiger partial charge in [0.15, 0.2) is 0 Å². The zero-order chi connectivity index (χ0) is 8.97. The maximum atomic E-state index is 10.1. The van der Waals surface area contributed by atoms with Gasteiger partial charge in [-0.3, -0.25) is 0 Å². The lowest BCUT2D eigenvalue weighted by Gasteiger charge is -2.02. The Morgan fingerprint density at radius 2 is 2.25 bits per heavy atom. The van der Waals surface area contributed by atoms with E-state index in [0.29, 0.717) is 18.5 Å². The molecule has 3 heteroatoms. The van der Waals surface area contributed by atoms with Crippen molar-refractivity contribution in [3.8, 4) is 5.75 Å². The molecule has 0 aliphatic rings. The Kier molecular flexibility index (Phi) is 2.69. The van der Waals surface area contributed by atoms with Crippen molar-refractivity contribution >= 4 is 12.0 Å². The van der Waals surface area contributed by atoms with Crippen LogP contribution in [0.3, 0.4) is 0 Å². The van der Waals surface area contributed by atoms with Crippen LogP contribution >= 0.6 is 0 Å². The third kappa shape index (κ3) is 1.99. The Hall–Kier alpha value is -1.51. The van der Waals surface area contributed by atoms with E-state index in [1.54, 1.807) is 12.1 Å². The highest BCUT2D eigenvalue weighted by molar-refractivity contribution is 5.55. The van der Waals surface area contributed by atoms with Crippen molar-refractivity contribution in [1.82, 2.24) is 0 Å². The molecule has 0 aliphatic heterocycles. The first-order valence-electron chi connectivity index (χ1n) is 3.75. The standard InChI is InChI=1S/C9H11NO2/c10-9-6-8(12)4-3-7(9)2-1-5-11/h3-6,12H,1-2,10H2. The number of phenols is 1. The molecular weight excluding hydrogens is 154 g/mol. The second kappa shape index (κ2) is 3.76. The normalized spacial score (nSPS) is 9.67. The minimum atomic E-state index is 0.155. The first-order chi connectivity index (χ1) is 5.74. The van der Waals surface area contributed by atoms with Gasteiger partial charge in [0.05, 0.1) is 0 Å². The minimum absolute atomic E-state index is 0.155. The monoisotopic (exact) mass is 165 g/mol. The molecule has 64 valence electrons. The molecule has 0 heterocycles. The third-order valence-electron chi connectivity index (χ3n) is 1.66. The van der Waals surface area contributed by atoms with Gasteiger partial charge in [0.2, 0.25) is 0 Å². The summed E-state index contributed by atoms with van der Waals surface area (Å²) in [5.41, 5.74) is 7.03. The van der Waals surface area contributed by atoms with E-state index in [-0.39, 0.29) is 5.75 Å². The Morgan fingerprint density at radius 1 is 1.50 bits per heavy atom. The number of nitrogens with two attached hydrogens (primary N) is 1. The molecule has 0 amide bonds.